The van der Waals surface area contributed by atoms with Crippen molar-refractivity contribution < 1.29 is 4.79 Å². The maximum atomic E-state index is 13.1. The van der Waals surface area contributed by atoms with E-state index in [9.17, 15) is 4.79 Å². The molecule has 0 fully saturated rings. The van der Waals surface area contributed by atoms with E-state index in [1.165, 1.54) is 0 Å². The van der Waals surface area contributed by atoms with Crippen molar-refractivity contribution in [2.24, 2.45) is 0 Å². The van der Waals surface area contributed by atoms with Crippen LogP contribution in [0.1, 0.15) is 47.1 Å². The first-order chi connectivity index (χ1) is 10.8. The zero-order valence-electron chi connectivity index (χ0n) is 15.3. The molecule has 0 saturated heterocycles. The van der Waals surface area contributed by atoms with E-state index in [4.69, 9.17) is 0 Å². The number of allylic oxidation sites excluding steroid dienone is 4. The minimum absolute atomic E-state index is 0.0690. The van der Waals surface area contributed by atoms with Crippen molar-refractivity contribution >= 4 is 11.5 Å². The number of rotatable bonds is 6. The van der Waals surface area contributed by atoms with E-state index in [2.05, 4.69) is 6.58 Å². The maximum Gasteiger partial charge on any atom is 0.250 e. The summed E-state index contributed by atoms with van der Waals surface area (Å²) in [6.07, 6.45) is 3.90. The summed E-state index contributed by atoms with van der Waals surface area (Å²) in [6, 6.07) is 10.3. The summed E-state index contributed by atoms with van der Waals surface area (Å²) in [5.74, 6) is 0.0690. The lowest BCUT2D eigenvalue weighted by Crippen LogP contribution is -2.42. The first-order valence-corrected chi connectivity index (χ1v) is 8.22. The van der Waals surface area contributed by atoms with Crippen molar-refractivity contribution in [1.29, 1.82) is 0 Å². The first-order valence-electron chi connectivity index (χ1n) is 8.22. The van der Waals surface area contributed by atoms with E-state index in [1.54, 1.807) is 0 Å². The molecule has 0 unspecified atom stereocenters. The zero-order chi connectivity index (χ0) is 17.6. The minimum atomic E-state index is 0.0690. The molecule has 0 radical (unpaired) electrons. The van der Waals surface area contributed by atoms with Gasteiger partial charge in [0.1, 0.15) is 0 Å². The molecule has 0 aliphatic carbocycles. The second-order valence-corrected chi connectivity index (χ2v) is 6.29. The maximum absolute atomic E-state index is 13.1. The first kappa shape index (κ1) is 19.0. The van der Waals surface area contributed by atoms with Gasteiger partial charge in [-0.1, -0.05) is 49.1 Å². The summed E-state index contributed by atoms with van der Waals surface area (Å²) in [5.41, 5.74) is 3.53. The van der Waals surface area contributed by atoms with Crippen molar-refractivity contribution in [1.82, 2.24) is 4.90 Å². The van der Waals surface area contributed by atoms with Gasteiger partial charge in [0.25, 0.3) is 5.91 Å². The highest BCUT2D eigenvalue weighted by atomic mass is 16.2. The molecule has 0 aromatic heterocycles. The van der Waals surface area contributed by atoms with Gasteiger partial charge in [0.05, 0.1) is 0 Å². The number of carbonyl (C=O) groups is 1. The van der Waals surface area contributed by atoms with E-state index in [-0.39, 0.29) is 18.0 Å². The Morgan fingerprint density at radius 2 is 1.61 bits per heavy atom. The van der Waals surface area contributed by atoms with Gasteiger partial charge >= 0.3 is 0 Å². The molecule has 0 atom stereocenters. The molecule has 23 heavy (non-hydrogen) atoms. The van der Waals surface area contributed by atoms with Gasteiger partial charge in [-0.3, -0.25) is 4.79 Å². The minimum Gasteiger partial charge on any atom is -0.334 e. The Morgan fingerprint density at radius 1 is 1.09 bits per heavy atom. The highest BCUT2D eigenvalue weighted by molar-refractivity contribution is 6.04. The summed E-state index contributed by atoms with van der Waals surface area (Å²) in [5, 5.41) is 0. The molecule has 0 heterocycles. The number of nitrogens with zero attached hydrogens (tertiary/aromatic N) is 1. The molecule has 1 rings (SSSR count). The fourth-order valence-electron chi connectivity index (χ4n) is 2.90. The molecule has 0 bridgehead atoms. The van der Waals surface area contributed by atoms with Crippen LogP contribution >= 0.6 is 0 Å². The summed E-state index contributed by atoms with van der Waals surface area (Å²) < 4.78 is 0. The normalized spacial score (nSPS) is 12.7. The fourth-order valence-corrected chi connectivity index (χ4v) is 2.90. The van der Waals surface area contributed by atoms with Crippen LogP contribution in [-0.4, -0.2) is 22.9 Å². The number of hydrogen-bond acceptors (Lipinski definition) is 1. The number of benzene rings is 1. The lowest BCUT2D eigenvalue weighted by atomic mass is 9.93. The van der Waals surface area contributed by atoms with Crippen LogP contribution in [0.5, 0.6) is 0 Å². The van der Waals surface area contributed by atoms with Crippen molar-refractivity contribution in [2.45, 2.75) is 53.6 Å². The third kappa shape index (κ3) is 4.69. The van der Waals surface area contributed by atoms with Crippen molar-refractivity contribution in [2.75, 3.05) is 0 Å². The lowest BCUT2D eigenvalue weighted by Gasteiger charge is -2.32. The average Bonchev–Trinajstić information content (AvgIpc) is 2.48. The zero-order valence-corrected chi connectivity index (χ0v) is 15.3. The summed E-state index contributed by atoms with van der Waals surface area (Å²) in [7, 11) is 0. The Balaban J connectivity index is 3.46. The van der Waals surface area contributed by atoms with Crippen LogP contribution in [0.15, 0.2) is 60.2 Å². The summed E-state index contributed by atoms with van der Waals surface area (Å²) >= 11 is 0. The molecule has 1 aromatic rings. The molecule has 2 heteroatoms. The number of amides is 1. The van der Waals surface area contributed by atoms with Gasteiger partial charge in [-0.05, 0) is 58.3 Å². The summed E-state index contributed by atoms with van der Waals surface area (Å²) in [6.45, 7) is 16.2. The monoisotopic (exact) mass is 311 g/mol. The van der Waals surface area contributed by atoms with Gasteiger partial charge in [0.15, 0.2) is 0 Å². The van der Waals surface area contributed by atoms with Crippen molar-refractivity contribution in [3.8, 4) is 0 Å². The Hall–Kier alpha value is -2.09. The van der Waals surface area contributed by atoms with Gasteiger partial charge in [0.2, 0.25) is 0 Å². The number of hydrogen-bond donors (Lipinski definition) is 0. The molecular weight excluding hydrogens is 282 g/mol. The SMILES string of the molecule is C=C(/C=C/C)/C(=C(/C)C(=O)N(C(C)C)C(C)C)c1ccccc1. The average molecular weight is 311 g/mol. The van der Waals surface area contributed by atoms with E-state index in [1.807, 2.05) is 88.9 Å². The predicted octanol–water partition coefficient (Wildman–Crippen LogP) is 5.24. The summed E-state index contributed by atoms with van der Waals surface area (Å²) in [4.78, 5) is 15.0. The van der Waals surface area contributed by atoms with Gasteiger partial charge in [-0.2, -0.15) is 0 Å². The molecule has 0 aliphatic heterocycles. The Labute approximate surface area is 141 Å². The molecule has 0 saturated carbocycles. The second kappa shape index (κ2) is 8.52. The van der Waals surface area contributed by atoms with E-state index < -0.39 is 0 Å². The predicted molar refractivity (Wildman–Crippen MR) is 100 cm³/mol. The van der Waals surface area contributed by atoms with Crippen LogP contribution in [0.2, 0.25) is 0 Å². The quantitative estimate of drug-likeness (QED) is 0.520. The van der Waals surface area contributed by atoms with Crippen LogP contribution < -0.4 is 0 Å². The van der Waals surface area contributed by atoms with E-state index >= 15 is 0 Å². The van der Waals surface area contributed by atoms with Crippen LogP contribution in [-0.2, 0) is 4.79 Å². The van der Waals surface area contributed by atoms with Gasteiger partial charge in [-0.15, -0.1) is 0 Å². The second-order valence-electron chi connectivity index (χ2n) is 6.29. The highest BCUT2D eigenvalue weighted by Gasteiger charge is 2.24. The van der Waals surface area contributed by atoms with Crippen LogP contribution in [0.4, 0.5) is 0 Å². The van der Waals surface area contributed by atoms with E-state index in [0.29, 0.717) is 0 Å². The number of carbonyl (C=O) groups excluding carboxylic acids is 1. The highest BCUT2D eigenvalue weighted by Crippen LogP contribution is 2.28. The van der Waals surface area contributed by atoms with Crippen molar-refractivity contribution in [3.63, 3.8) is 0 Å². The molecule has 0 N–H and O–H groups in total. The molecule has 1 amide bonds. The Morgan fingerprint density at radius 3 is 2.04 bits per heavy atom. The van der Waals surface area contributed by atoms with Gasteiger partial charge in [0, 0.05) is 17.7 Å². The van der Waals surface area contributed by atoms with Gasteiger partial charge in [-0.25, -0.2) is 0 Å². The fraction of sp³-hybridized carbons (Fsp3) is 0.381. The molecule has 0 aliphatic rings. The topological polar surface area (TPSA) is 20.3 Å². The van der Waals surface area contributed by atoms with Crippen LogP contribution in [0.3, 0.4) is 0 Å². The lowest BCUT2D eigenvalue weighted by molar-refractivity contribution is -0.130. The van der Waals surface area contributed by atoms with E-state index in [0.717, 1.165) is 22.3 Å². The third-order valence-corrected chi connectivity index (χ3v) is 3.79. The Kier molecular flexibility index (Phi) is 7.02. The molecule has 124 valence electrons. The van der Waals surface area contributed by atoms with Gasteiger partial charge < -0.3 is 4.90 Å². The smallest absolute Gasteiger partial charge is 0.250 e. The van der Waals surface area contributed by atoms with Crippen molar-refractivity contribution in [3.05, 3.63) is 65.8 Å². The largest absolute Gasteiger partial charge is 0.334 e. The van der Waals surface area contributed by atoms with Crippen LogP contribution in [0, 0.1) is 0 Å². The third-order valence-electron chi connectivity index (χ3n) is 3.79. The standard InChI is InChI=1S/C21H29NO/c1-8-12-17(6)20(19-13-10-9-11-14-19)18(7)21(23)22(15(2)3)16(4)5/h8-16H,6H2,1-5,7H3/b12-8+,20-18+. The molecular formula is C21H29NO. The van der Waals surface area contributed by atoms with Crippen LogP contribution in [0.25, 0.3) is 5.57 Å². The molecule has 0 spiro atoms. The molecule has 1 aromatic carbocycles. The molecule has 2 nitrogen and oxygen atoms in total. The Bertz CT molecular complexity index is 598.